The Morgan fingerprint density at radius 2 is 2.18 bits per heavy atom. The number of pyridine rings is 1. The van der Waals surface area contributed by atoms with Crippen LogP contribution in [0.3, 0.4) is 0 Å². The average molecular weight is 430 g/mol. The predicted octanol–water partition coefficient (Wildman–Crippen LogP) is 3.27. The molecule has 0 fully saturated rings. The Morgan fingerprint density at radius 1 is 1.32 bits per heavy atom. The van der Waals surface area contributed by atoms with Crippen LogP contribution in [0.15, 0.2) is 46.2 Å². The highest BCUT2D eigenvalue weighted by molar-refractivity contribution is 14.0. The third-order valence-electron chi connectivity index (χ3n) is 3.31. The molecule has 0 saturated heterocycles. The second-order valence-corrected chi connectivity index (χ2v) is 5.69. The fraction of sp³-hybridized carbons (Fsp3) is 0.375. The van der Waals surface area contributed by atoms with Gasteiger partial charge in [0.1, 0.15) is 0 Å². The van der Waals surface area contributed by atoms with Gasteiger partial charge in [0.2, 0.25) is 0 Å². The molecular formula is C16H23IN4S. The minimum absolute atomic E-state index is 0. The van der Waals surface area contributed by atoms with Crippen molar-refractivity contribution in [1.82, 2.24) is 15.6 Å². The van der Waals surface area contributed by atoms with E-state index in [-0.39, 0.29) is 24.0 Å². The largest absolute Gasteiger partial charge is 0.356 e. The monoisotopic (exact) mass is 430 g/mol. The van der Waals surface area contributed by atoms with Crippen molar-refractivity contribution in [1.29, 1.82) is 0 Å². The van der Waals surface area contributed by atoms with Crippen molar-refractivity contribution in [2.45, 2.75) is 19.3 Å². The third kappa shape index (κ3) is 6.31. The number of halogens is 1. The van der Waals surface area contributed by atoms with Gasteiger partial charge in [0.05, 0.1) is 0 Å². The Kier molecular flexibility index (Phi) is 9.07. The molecule has 22 heavy (non-hydrogen) atoms. The molecule has 2 rings (SSSR count). The summed E-state index contributed by atoms with van der Waals surface area (Å²) in [5.74, 6) is 1.32. The fourth-order valence-electron chi connectivity index (χ4n) is 2.00. The summed E-state index contributed by atoms with van der Waals surface area (Å²) in [4.78, 5) is 8.56. The molecule has 2 heterocycles. The van der Waals surface area contributed by atoms with Gasteiger partial charge in [-0.1, -0.05) is 13.0 Å². The summed E-state index contributed by atoms with van der Waals surface area (Å²) < 4.78 is 0. The highest BCUT2D eigenvalue weighted by Crippen LogP contribution is 2.16. The van der Waals surface area contributed by atoms with E-state index in [4.69, 9.17) is 0 Å². The molecule has 0 amide bonds. The average Bonchev–Trinajstić information content (AvgIpc) is 3.06. The molecule has 0 bridgehead atoms. The second kappa shape index (κ2) is 10.6. The standard InChI is InChI=1S/C16H22N4S.HI/c1-13(14-7-10-21-12-14)11-20-16(17-2)19-9-6-15-5-3-4-8-18-15;/h3-5,7-8,10,12-13H,6,9,11H2,1-2H3,(H2,17,19,20);1H. The van der Waals surface area contributed by atoms with Crippen LogP contribution in [0.5, 0.6) is 0 Å². The number of hydrogen-bond donors (Lipinski definition) is 2. The summed E-state index contributed by atoms with van der Waals surface area (Å²) in [6.45, 7) is 3.92. The number of nitrogens with zero attached hydrogens (tertiary/aromatic N) is 2. The van der Waals surface area contributed by atoms with Crippen LogP contribution in [0.2, 0.25) is 0 Å². The molecule has 0 radical (unpaired) electrons. The van der Waals surface area contributed by atoms with E-state index in [0.717, 1.165) is 31.2 Å². The molecule has 2 aromatic rings. The number of aromatic nitrogens is 1. The molecule has 2 N–H and O–H groups in total. The summed E-state index contributed by atoms with van der Waals surface area (Å²) >= 11 is 1.74. The summed E-state index contributed by atoms with van der Waals surface area (Å²) in [7, 11) is 1.80. The molecule has 0 aromatic carbocycles. The molecule has 0 aliphatic heterocycles. The summed E-state index contributed by atoms with van der Waals surface area (Å²) in [6, 6.07) is 8.16. The van der Waals surface area contributed by atoms with Gasteiger partial charge in [0.15, 0.2) is 5.96 Å². The van der Waals surface area contributed by atoms with Crippen LogP contribution < -0.4 is 10.6 Å². The fourth-order valence-corrected chi connectivity index (χ4v) is 2.78. The number of rotatable bonds is 6. The SMILES string of the molecule is CN=C(NCCc1ccccn1)NCC(C)c1ccsc1.I. The number of aliphatic imine (C=N–C) groups is 1. The lowest BCUT2D eigenvalue weighted by Crippen LogP contribution is -2.39. The normalized spacial score (nSPS) is 12.4. The minimum Gasteiger partial charge on any atom is -0.356 e. The first-order chi connectivity index (χ1) is 10.3. The smallest absolute Gasteiger partial charge is 0.191 e. The van der Waals surface area contributed by atoms with Gasteiger partial charge in [0, 0.05) is 38.4 Å². The van der Waals surface area contributed by atoms with Gasteiger partial charge in [-0.3, -0.25) is 9.98 Å². The van der Waals surface area contributed by atoms with Gasteiger partial charge in [0.25, 0.3) is 0 Å². The van der Waals surface area contributed by atoms with Gasteiger partial charge in [-0.05, 0) is 40.4 Å². The van der Waals surface area contributed by atoms with Gasteiger partial charge in [-0.25, -0.2) is 0 Å². The van der Waals surface area contributed by atoms with E-state index >= 15 is 0 Å². The Labute approximate surface area is 153 Å². The van der Waals surface area contributed by atoms with Gasteiger partial charge >= 0.3 is 0 Å². The maximum atomic E-state index is 4.31. The van der Waals surface area contributed by atoms with E-state index in [2.05, 4.69) is 44.4 Å². The summed E-state index contributed by atoms with van der Waals surface area (Å²) in [5.41, 5.74) is 2.46. The van der Waals surface area contributed by atoms with E-state index in [1.54, 1.807) is 18.4 Å². The minimum atomic E-state index is 0. The summed E-state index contributed by atoms with van der Waals surface area (Å²) in [5, 5.41) is 11.0. The van der Waals surface area contributed by atoms with Crippen molar-refractivity contribution in [3.63, 3.8) is 0 Å². The number of guanidine groups is 1. The molecule has 6 heteroatoms. The topological polar surface area (TPSA) is 49.3 Å². The zero-order valence-electron chi connectivity index (χ0n) is 13.0. The van der Waals surface area contributed by atoms with Gasteiger partial charge in [-0.2, -0.15) is 11.3 Å². The molecule has 0 spiro atoms. The number of nitrogens with one attached hydrogen (secondary N) is 2. The second-order valence-electron chi connectivity index (χ2n) is 4.91. The first-order valence-corrected chi connectivity index (χ1v) is 8.10. The zero-order chi connectivity index (χ0) is 14.9. The van der Waals surface area contributed by atoms with E-state index in [9.17, 15) is 0 Å². The molecule has 0 saturated carbocycles. The van der Waals surface area contributed by atoms with Crippen molar-refractivity contribution in [3.8, 4) is 0 Å². The molecular weight excluding hydrogens is 407 g/mol. The van der Waals surface area contributed by atoms with Crippen LogP contribution in [0.25, 0.3) is 0 Å². The molecule has 1 atom stereocenters. The highest BCUT2D eigenvalue weighted by Gasteiger charge is 2.06. The van der Waals surface area contributed by atoms with Crippen molar-refractivity contribution in [2.24, 2.45) is 4.99 Å². The van der Waals surface area contributed by atoms with Gasteiger partial charge < -0.3 is 10.6 Å². The lowest BCUT2D eigenvalue weighted by molar-refractivity contribution is 0.698. The molecule has 120 valence electrons. The Hall–Kier alpha value is -1.15. The molecule has 4 nitrogen and oxygen atoms in total. The van der Waals surface area contributed by atoms with Crippen LogP contribution in [-0.4, -0.2) is 31.1 Å². The molecule has 0 aliphatic rings. The predicted molar refractivity (Wildman–Crippen MR) is 105 cm³/mol. The van der Waals surface area contributed by atoms with Crippen LogP contribution in [-0.2, 0) is 6.42 Å². The zero-order valence-corrected chi connectivity index (χ0v) is 16.1. The third-order valence-corrected chi connectivity index (χ3v) is 4.01. The van der Waals surface area contributed by atoms with Crippen molar-refractivity contribution in [2.75, 3.05) is 20.1 Å². The molecule has 1 unspecified atom stereocenters. The maximum Gasteiger partial charge on any atom is 0.191 e. The highest BCUT2D eigenvalue weighted by atomic mass is 127. The van der Waals surface area contributed by atoms with Crippen LogP contribution in [0.4, 0.5) is 0 Å². The van der Waals surface area contributed by atoms with Crippen LogP contribution in [0.1, 0.15) is 24.1 Å². The Morgan fingerprint density at radius 3 is 2.82 bits per heavy atom. The molecule has 0 aliphatic carbocycles. The van der Waals surface area contributed by atoms with Crippen LogP contribution in [0, 0.1) is 0 Å². The van der Waals surface area contributed by atoms with Gasteiger partial charge in [-0.15, -0.1) is 24.0 Å². The molecule has 2 aromatic heterocycles. The van der Waals surface area contributed by atoms with E-state index in [0.29, 0.717) is 5.92 Å². The Bertz CT molecular complexity index is 543. The quantitative estimate of drug-likeness (QED) is 0.420. The summed E-state index contributed by atoms with van der Waals surface area (Å²) in [6.07, 6.45) is 2.71. The lowest BCUT2D eigenvalue weighted by Gasteiger charge is -2.15. The Balaban J connectivity index is 0.00000242. The first kappa shape index (κ1) is 18.9. The number of thiophene rings is 1. The van der Waals surface area contributed by atoms with E-state index in [1.807, 2.05) is 24.4 Å². The van der Waals surface area contributed by atoms with Crippen molar-refractivity contribution in [3.05, 3.63) is 52.5 Å². The first-order valence-electron chi connectivity index (χ1n) is 7.16. The van der Waals surface area contributed by atoms with Crippen LogP contribution >= 0.6 is 35.3 Å². The van der Waals surface area contributed by atoms with Crippen molar-refractivity contribution < 1.29 is 0 Å². The maximum absolute atomic E-state index is 4.31. The lowest BCUT2D eigenvalue weighted by atomic mass is 10.1. The number of hydrogen-bond acceptors (Lipinski definition) is 3. The van der Waals surface area contributed by atoms with E-state index < -0.39 is 0 Å². The van der Waals surface area contributed by atoms with Crippen molar-refractivity contribution >= 4 is 41.3 Å². The van der Waals surface area contributed by atoms with E-state index in [1.165, 1.54) is 5.56 Å².